The molecule has 23 heavy (non-hydrogen) atoms. The summed E-state index contributed by atoms with van der Waals surface area (Å²) in [6.45, 7) is 0. The zero-order valence-electron chi connectivity index (χ0n) is 11.9. The van der Waals surface area contributed by atoms with Crippen molar-refractivity contribution >= 4 is 15.7 Å². The Hall–Kier alpha value is -2.49. The van der Waals surface area contributed by atoms with Gasteiger partial charge in [-0.05, 0) is 28.7 Å². The van der Waals surface area contributed by atoms with Crippen molar-refractivity contribution in [3.63, 3.8) is 0 Å². The molecule has 2 atom stereocenters. The molecule has 2 aromatic rings. The van der Waals surface area contributed by atoms with E-state index in [1.165, 1.54) is 19.2 Å². The summed E-state index contributed by atoms with van der Waals surface area (Å²) in [7, 11) is -2.37. The minimum Gasteiger partial charge on any atom is -0.497 e. The Morgan fingerprint density at radius 1 is 1.22 bits per heavy atom. The molecule has 0 N–H and O–H groups in total. The third kappa shape index (κ3) is 2.89. The number of non-ortho nitro benzene ring substituents is 1. The van der Waals surface area contributed by atoms with E-state index >= 15 is 0 Å². The number of benzene rings is 2. The van der Waals surface area contributed by atoms with E-state index in [0.717, 1.165) is 16.6 Å². The normalized spacial score (nSPS) is 20.0. The molecule has 0 saturated carbocycles. The van der Waals surface area contributed by atoms with Crippen molar-refractivity contribution in [1.82, 2.24) is 4.47 Å². The molecule has 2 aromatic carbocycles. The minimum atomic E-state index is -3.88. The number of rotatable bonds is 5. The maximum atomic E-state index is 12.4. The first-order valence-corrected chi connectivity index (χ1v) is 7.97. The highest BCUT2D eigenvalue weighted by atomic mass is 32.2. The number of hydrogen-bond donors (Lipinski definition) is 0. The molecule has 1 fully saturated rings. The Bertz CT molecular complexity index is 850. The fourth-order valence-corrected chi connectivity index (χ4v) is 3.33. The predicted octanol–water partition coefficient (Wildman–Crippen LogP) is 2.24. The van der Waals surface area contributed by atoms with E-state index in [0.29, 0.717) is 11.3 Å². The van der Waals surface area contributed by atoms with Crippen molar-refractivity contribution in [2.24, 2.45) is 0 Å². The van der Waals surface area contributed by atoms with E-state index in [2.05, 4.69) is 0 Å². The minimum absolute atomic E-state index is 0.0755. The van der Waals surface area contributed by atoms with E-state index in [1.807, 2.05) is 0 Å². The quantitative estimate of drug-likeness (QED) is 0.471. The van der Waals surface area contributed by atoms with Crippen molar-refractivity contribution < 1.29 is 22.9 Å². The third-order valence-electron chi connectivity index (χ3n) is 3.31. The lowest BCUT2D eigenvalue weighted by atomic mass is 10.2. The molecule has 1 heterocycles. The highest BCUT2D eigenvalue weighted by Gasteiger charge is 2.48. The van der Waals surface area contributed by atoms with Crippen LogP contribution in [0.3, 0.4) is 0 Å². The zero-order valence-corrected chi connectivity index (χ0v) is 12.8. The van der Waals surface area contributed by atoms with Crippen LogP contribution in [0.4, 0.5) is 5.69 Å². The lowest BCUT2D eigenvalue weighted by Crippen LogP contribution is -2.12. The molecule has 2 unspecified atom stereocenters. The molecule has 0 amide bonds. The number of methoxy groups -OCH3 is 1. The van der Waals surface area contributed by atoms with Gasteiger partial charge in [-0.3, -0.25) is 15.0 Å². The number of nitrogens with zero attached hydrogens (tertiary/aromatic N) is 2. The number of hydroxylamine groups is 1. The second-order valence-corrected chi connectivity index (χ2v) is 6.53. The van der Waals surface area contributed by atoms with Gasteiger partial charge in [-0.1, -0.05) is 12.1 Å². The lowest BCUT2D eigenvalue weighted by molar-refractivity contribution is -0.384. The predicted molar refractivity (Wildman–Crippen MR) is 78.9 cm³/mol. The van der Waals surface area contributed by atoms with Gasteiger partial charge in [0, 0.05) is 17.7 Å². The first kappa shape index (κ1) is 15.4. The van der Waals surface area contributed by atoms with Crippen LogP contribution in [0.5, 0.6) is 5.75 Å². The van der Waals surface area contributed by atoms with Crippen LogP contribution in [0.15, 0.2) is 53.4 Å². The van der Waals surface area contributed by atoms with Crippen LogP contribution in [-0.2, 0) is 14.9 Å². The Morgan fingerprint density at radius 2 is 1.91 bits per heavy atom. The molecule has 0 radical (unpaired) electrons. The molecule has 3 rings (SSSR count). The summed E-state index contributed by atoms with van der Waals surface area (Å²) in [5, 5.41) is 10.6. The van der Waals surface area contributed by atoms with Gasteiger partial charge in [0.05, 0.1) is 16.9 Å². The van der Waals surface area contributed by atoms with Gasteiger partial charge in [0.2, 0.25) is 0 Å². The van der Waals surface area contributed by atoms with E-state index in [1.54, 1.807) is 24.3 Å². The lowest BCUT2D eigenvalue weighted by Gasteiger charge is -2.03. The molecule has 0 bridgehead atoms. The Balaban J connectivity index is 1.83. The summed E-state index contributed by atoms with van der Waals surface area (Å²) in [5.41, 5.74) is 0.454. The Labute approximate surface area is 132 Å². The summed E-state index contributed by atoms with van der Waals surface area (Å²) in [5.74, 6) is 0.589. The van der Waals surface area contributed by atoms with Crippen LogP contribution in [0.1, 0.15) is 11.8 Å². The molecular weight excluding hydrogens is 324 g/mol. The maximum absolute atomic E-state index is 12.4. The first-order chi connectivity index (χ1) is 10.9. The van der Waals surface area contributed by atoms with Gasteiger partial charge >= 0.3 is 0 Å². The number of hydrogen-bond acceptors (Lipinski definition) is 6. The number of sulfonamides is 1. The second-order valence-electron chi connectivity index (χ2n) is 4.75. The molecule has 0 aliphatic carbocycles. The van der Waals surface area contributed by atoms with E-state index in [4.69, 9.17) is 9.57 Å². The fourth-order valence-electron chi connectivity index (χ4n) is 2.08. The van der Waals surface area contributed by atoms with Crippen molar-refractivity contribution in [3.8, 4) is 5.75 Å². The fraction of sp³-hybridized carbons (Fsp3) is 0.143. The van der Waals surface area contributed by atoms with Gasteiger partial charge in [0.15, 0.2) is 6.23 Å². The largest absolute Gasteiger partial charge is 0.497 e. The summed E-state index contributed by atoms with van der Waals surface area (Å²) in [6, 6.07) is 11.5. The van der Waals surface area contributed by atoms with Crippen molar-refractivity contribution in [1.29, 1.82) is 0 Å². The monoisotopic (exact) mass is 336 g/mol. The van der Waals surface area contributed by atoms with Gasteiger partial charge in [0.25, 0.3) is 15.7 Å². The summed E-state index contributed by atoms with van der Waals surface area (Å²) < 4.78 is 30.8. The number of nitro benzene ring substituents is 1. The van der Waals surface area contributed by atoms with Gasteiger partial charge < -0.3 is 4.74 Å². The van der Waals surface area contributed by atoms with Crippen molar-refractivity contribution in [3.05, 3.63) is 64.2 Å². The molecule has 0 aromatic heterocycles. The topological polar surface area (TPSA) is 102 Å². The highest BCUT2D eigenvalue weighted by Crippen LogP contribution is 2.43. The van der Waals surface area contributed by atoms with E-state index in [-0.39, 0.29) is 10.6 Å². The average Bonchev–Trinajstić information content (AvgIpc) is 3.36. The van der Waals surface area contributed by atoms with E-state index < -0.39 is 21.2 Å². The van der Waals surface area contributed by atoms with Crippen LogP contribution >= 0.6 is 0 Å². The summed E-state index contributed by atoms with van der Waals surface area (Å²) >= 11 is 0. The molecule has 0 spiro atoms. The van der Waals surface area contributed by atoms with Crippen LogP contribution < -0.4 is 4.74 Å². The molecule has 120 valence electrons. The second kappa shape index (κ2) is 5.61. The van der Waals surface area contributed by atoms with Gasteiger partial charge in [0.1, 0.15) is 5.75 Å². The molecular formula is C14H12N2O6S. The van der Waals surface area contributed by atoms with Crippen LogP contribution in [0.2, 0.25) is 0 Å². The molecule has 8 nitrogen and oxygen atoms in total. The zero-order chi connectivity index (χ0) is 16.6. The van der Waals surface area contributed by atoms with Crippen LogP contribution in [-0.4, -0.2) is 24.9 Å². The standard InChI is InChI=1S/C14H12N2O6S/c1-21-12-4-2-3-10(9-12)14-16(22-14)23(19,20)13-7-5-11(6-8-13)15(17)18/h2-9,14H,1H3. The SMILES string of the molecule is COc1cccc(C2ON2S(=O)(=O)c2ccc([N+](=O)[O-])cc2)c1. The average molecular weight is 336 g/mol. The molecule has 1 aliphatic heterocycles. The summed E-state index contributed by atoms with van der Waals surface area (Å²) in [4.78, 5) is 15.1. The highest BCUT2D eigenvalue weighted by molar-refractivity contribution is 7.89. The van der Waals surface area contributed by atoms with E-state index in [9.17, 15) is 18.5 Å². The third-order valence-corrected chi connectivity index (χ3v) is 4.93. The molecule has 1 aliphatic rings. The van der Waals surface area contributed by atoms with Crippen LogP contribution in [0.25, 0.3) is 0 Å². The first-order valence-electron chi connectivity index (χ1n) is 6.53. The number of ether oxygens (including phenoxy) is 1. The van der Waals surface area contributed by atoms with Gasteiger partial charge in [-0.15, -0.1) is 0 Å². The summed E-state index contributed by atoms with van der Waals surface area (Å²) in [6.07, 6.45) is -0.731. The van der Waals surface area contributed by atoms with Crippen LogP contribution in [0, 0.1) is 10.1 Å². The molecule has 1 saturated heterocycles. The van der Waals surface area contributed by atoms with Gasteiger partial charge in [-0.25, -0.2) is 8.42 Å². The number of nitro groups is 1. The molecule has 9 heteroatoms. The van der Waals surface area contributed by atoms with Crippen molar-refractivity contribution in [2.75, 3.05) is 7.11 Å². The van der Waals surface area contributed by atoms with Crippen molar-refractivity contribution in [2.45, 2.75) is 11.1 Å². The Kier molecular flexibility index (Phi) is 3.76. The van der Waals surface area contributed by atoms with Gasteiger partial charge in [-0.2, -0.15) is 0 Å². The Morgan fingerprint density at radius 3 is 2.52 bits per heavy atom. The smallest absolute Gasteiger partial charge is 0.269 e. The maximum Gasteiger partial charge on any atom is 0.269 e.